The predicted molar refractivity (Wildman–Crippen MR) is 92.9 cm³/mol. The van der Waals surface area contributed by atoms with Crippen LogP contribution in [0, 0.1) is 10.1 Å². The second-order valence-electron chi connectivity index (χ2n) is 5.15. The van der Waals surface area contributed by atoms with Crippen LogP contribution in [0.2, 0.25) is 0 Å². The third kappa shape index (κ3) is 3.75. The SMILES string of the molecule is O=[N+]([O-])c1ccccc1S(=O)(=O)NCCNc1nc2ccccc2[nH]1. The van der Waals surface area contributed by atoms with E-state index >= 15 is 0 Å². The number of nitro groups is 1. The van der Waals surface area contributed by atoms with E-state index in [9.17, 15) is 18.5 Å². The number of H-pyrrole nitrogens is 1. The van der Waals surface area contributed by atoms with E-state index in [0.717, 1.165) is 17.1 Å². The normalized spacial score (nSPS) is 11.5. The lowest BCUT2D eigenvalue weighted by atomic mass is 10.3. The minimum atomic E-state index is -3.98. The Bertz CT molecular complexity index is 982. The van der Waals surface area contributed by atoms with Crippen LogP contribution >= 0.6 is 0 Å². The number of nitro benzene ring substituents is 1. The zero-order valence-corrected chi connectivity index (χ0v) is 13.8. The molecule has 0 fully saturated rings. The number of imidazole rings is 1. The highest BCUT2D eigenvalue weighted by molar-refractivity contribution is 7.89. The van der Waals surface area contributed by atoms with E-state index in [4.69, 9.17) is 0 Å². The number of nitrogens with zero attached hydrogens (tertiary/aromatic N) is 2. The standard InChI is InChI=1S/C15H15N5O4S/c21-20(22)13-7-3-4-8-14(13)25(23,24)17-10-9-16-15-18-11-5-1-2-6-12(11)19-15/h1-8,17H,9-10H2,(H2,16,18,19). The Labute approximate surface area is 143 Å². The van der Waals surface area contributed by atoms with E-state index in [-0.39, 0.29) is 18.0 Å². The number of benzene rings is 2. The summed E-state index contributed by atoms with van der Waals surface area (Å²) in [6.07, 6.45) is 0. The summed E-state index contributed by atoms with van der Waals surface area (Å²) in [6, 6.07) is 12.7. The van der Waals surface area contributed by atoms with Gasteiger partial charge in [0.15, 0.2) is 4.90 Å². The molecule has 0 atom stereocenters. The molecule has 1 heterocycles. The van der Waals surface area contributed by atoms with Gasteiger partial charge in [-0.15, -0.1) is 0 Å². The molecule has 3 N–H and O–H groups in total. The zero-order valence-electron chi connectivity index (χ0n) is 13.0. The van der Waals surface area contributed by atoms with E-state index in [1.165, 1.54) is 18.2 Å². The minimum Gasteiger partial charge on any atom is -0.354 e. The summed E-state index contributed by atoms with van der Waals surface area (Å²) >= 11 is 0. The number of aromatic amines is 1. The van der Waals surface area contributed by atoms with E-state index < -0.39 is 20.6 Å². The minimum absolute atomic E-state index is 0.0471. The van der Waals surface area contributed by atoms with Crippen LogP contribution in [0.1, 0.15) is 0 Å². The van der Waals surface area contributed by atoms with Gasteiger partial charge < -0.3 is 10.3 Å². The van der Waals surface area contributed by atoms with Crippen molar-refractivity contribution in [2.45, 2.75) is 4.90 Å². The summed E-state index contributed by atoms with van der Waals surface area (Å²) < 4.78 is 26.8. The van der Waals surface area contributed by atoms with Crippen molar-refractivity contribution in [2.75, 3.05) is 18.4 Å². The fourth-order valence-corrected chi connectivity index (χ4v) is 3.52. The number of fused-ring (bicyclic) bond motifs is 1. The molecule has 0 saturated heterocycles. The van der Waals surface area contributed by atoms with Crippen LogP contribution in [-0.2, 0) is 10.0 Å². The van der Waals surface area contributed by atoms with E-state index in [0.29, 0.717) is 5.95 Å². The highest BCUT2D eigenvalue weighted by Crippen LogP contribution is 2.22. The average molecular weight is 361 g/mol. The maximum Gasteiger partial charge on any atom is 0.289 e. The number of hydrogen-bond donors (Lipinski definition) is 3. The van der Waals surface area contributed by atoms with Crippen molar-refractivity contribution in [3.05, 3.63) is 58.6 Å². The highest BCUT2D eigenvalue weighted by Gasteiger charge is 2.24. The van der Waals surface area contributed by atoms with Gasteiger partial charge in [-0.25, -0.2) is 18.1 Å². The molecule has 0 radical (unpaired) electrons. The van der Waals surface area contributed by atoms with Crippen molar-refractivity contribution in [2.24, 2.45) is 0 Å². The van der Waals surface area contributed by atoms with Gasteiger partial charge in [0, 0.05) is 19.2 Å². The van der Waals surface area contributed by atoms with Gasteiger partial charge in [0.1, 0.15) is 0 Å². The fourth-order valence-electron chi connectivity index (χ4n) is 2.32. The van der Waals surface area contributed by atoms with Gasteiger partial charge >= 0.3 is 0 Å². The van der Waals surface area contributed by atoms with E-state index in [2.05, 4.69) is 20.0 Å². The van der Waals surface area contributed by atoms with Crippen LogP contribution in [0.3, 0.4) is 0 Å². The van der Waals surface area contributed by atoms with Crippen LogP contribution < -0.4 is 10.0 Å². The molecule has 25 heavy (non-hydrogen) atoms. The molecule has 0 bridgehead atoms. The van der Waals surface area contributed by atoms with Crippen LogP contribution in [0.5, 0.6) is 0 Å². The Hall–Kier alpha value is -2.98. The smallest absolute Gasteiger partial charge is 0.289 e. The molecular formula is C15H15N5O4S. The van der Waals surface area contributed by atoms with Crippen molar-refractivity contribution in [3.8, 4) is 0 Å². The summed E-state index contributed by atoms with van der Waals surface area (Å²) in [5, 5.41) is 13.9. The molecule has 0 spiro atoms. The van der Waals surface area contributed by atoms with Gasteiger partial charge in [-0.3, -0.25) is 10.1 Å². The topological polar surface area (TPSA) is 130 Å². The molecule has 3 rings (SSSR count). The maximum atomic E-state index is 12.2. The molecule has 10 heteroatoms. The first kappa shape index (κ1) is 16.9. The number of anilines is 1. The molecule has 0 amide bonds. The van der Waals surface area contributed by atoms with Gasteiger partial charge in [-0.05, 0) is 18.2 Å². The fraction of sp³-hybridized carbons (Fsp3) is 0.133. The first-order valence-electron chi connectivity index (χ1n) is 7.39. The first-order chi connectivity index (χ1) is 12.0. The van der Waals surface area contributed by atoms with Crippen molar-refractivity contribution < 1.29 is 13.3 Å². The van der Waals surface area contributed by atoms with Crippen LogP contribution in [0.15, 0.2) is 53.4 Å². The summed E-state index contributed by atoms with van der Waals surface area (Å²) in [6.45, 7) is 0.311. The molecule has 9 nitrogen and oxygen atoms in total. The van der Waals surface area contributed by atoms with Gasteiger partial charge in [0.25, 0.3) is 5.69 Å². The Morgan fingerprint density at radius 1 is 1.08 bits per heavy atom. The first-order valence-corrected chi connectivity index (χ1v) is 8.87. The molecule has 0 aliphatic carbocycles. The van der Waals surface area contributed by atoms with Gasteiger partial charge in [0.05, 0.1) is 16.0 Å². The molecule has 0 aliphatic heterocycles. The Morgan fingerprint density at radius 2 is 1.80 bits per heavy atom. The van der Waals surface area contributed by atoms with Crippen molar-refractivity contribution in [1.29, 1.82) is 0 Å². The van der Waals surface area contributed by atoms with Crippen molar-refractivity contribution >= 4 is 32.7 Å². The molecule has 0 saturated carbocycles. The van der Waals surface area contributed by atoms with Gasteiger partial charge in [0.2, 0.25) is 16.0 Å². The summed E-state index contributed by atoms with van der Waals surface area (Å²) in [4.78, 5) is 17.2. The molecule has 0 aliphatic rings. The zero-order chi connectivity index (χ0) is 17.9. The van der Waals surface area contributed by atoms with Crippen LogP contribution in [0.4, 0.5) is 11.6 Å². The number of sulfonamides is 1. The van der Waals surface area contributed by atoms with E-state index in [1.54, 1.807) is 0 Å². The Kier molecular flexibility index (Phi) is 4.63. The third-order valence-corrected chi connectivity index (χ3v) is 4.96. The van der Waals surface area contributed by atoms with Crippen molar-refractivity contribution in [3.63, 3.8) is 0 Å². The molecule has 2 aromatic carbocycles. The molecular weight excluding hydrogens is 346 g/mol. The molecule has 1 aromatic heterocycles. The third-order valence-electron chi connectivity index (χ3n) is 3.45. The average Bonchev–Trinajstić information content (AvgIpc) is 3.01. The maximum absolute atomic E-state index is 12.2. The molecule has 0 unspecified atom stereocenters. The lowest BCUT2D eigenvalue weighted by Gasteiger charge is -2.07. The Balaban J connectivity index is 1.62. The predicted octanol–water partition coefficient (Wildman–Crippen LogP) is 1.86. The number of aromatic nitrogens is 2. The Morgan fingerprint density at radius 3 is 2.56 bits per heavy atom. The summed E-state index contributed by atoms with van der Waals surface area (Å²) in [5.74, 6) is 0.520. The molecule has 3 aromatic rings. The van der Waals surface area contributed by atoms with Crippen molar-refractivity contribution in [1.82, 2.24) is 14.7 Å². The monoisotopic (exact) mass is 361 g/mol. The highest BCUT2D eigenvalue weighted by atomic mass is 32.2. The lowest BCUT2D eigenvalue weighted by Crippen LogP contribution is -2.29. The van der Waals surface area contributed by atoms with Crippen LogP contribution in [0.25, 0.3) is 11.0 Å². The van der Waals surface area contributed by atoms with Gasteiger partial charge in [-0.2, -0.15) is 0 Å². The second kappa shape index (κ2) is 6.87. The number of para-hydroxylation sites is 3. The lowest BCUT2D eigenvalue weighted by molar-refractivity contribution is -0.387. The number of rotatable bonds is 7. The molecule has 130 valence electrons. The number of hydrogen-bond acceptors (Lipinski definition) is 6. The van der Waals surface area contributed by atoms with Crippen LogP contribution in [-0.4, -0.2) is 36.4 Å². The largest absolute Gasteiger partial charge is 0.354 e. The number of nitrogens with one attached hydrogen (secondary N) is 3. The summed E-state index contributed by atoms with van der Waals surface area (Å²) in [5.41, 5.74) is 1.20. The van der Waals surface area contributed by atoms with Gasteiger partial charge in [-0.1, -0.05) is 24.3 Å². The second-order valence-corrected chi connectivity index (χ2v) is 6.89. The quantitative estimate of drug-likeness (QED) is 0.334. The summed E-state index contributed by atoms with van der Waals surface area (Å²) in [7, 11) is -3.98. The van der Waals surface area contributed by atoms with E-state index in [1.807, 2.05) is 24.3 Å².